The number of amides is 3. The van der Waals surface area contributed by atoms with Gasteiger partial charge in [-0.2, -0.15) is 5.10 Å². The molecule has 8 heteroatoms. The first kappa shape index (κ1) is 22.7. The normalized spacial score (nSPS) is 11.3. The maximum absolute atomic E-state index is 12.7. The summed E-state index contributed by atoms with van der Waals surface area (Å²) < 4.78 is 1.69. The molecular formula is C21H30ClN5O2. The Morgan fingerprint density at radius 3 is 2.31 bits per heavy atom. The minimum Gasteiger partial charge on any atom is -0.331 e. The third-order valence-corrected chi connectivity index (χ3v) is 4.55. The van der Waals surface area contributed by atoms with E-state index in [2.05, 4.69) is 31.2 Å². The van der Waals surface area contributed by atoms with Crippen molar-refractivity contribution in [2.45, 2.75) is 39.5 Å². The number of nitrogens with zero attached hydrogens (tertiary/aromatic N) is 4. The van der Waals surface area contributed by atoms with Gasteiger partial charge in [-0.15, -0.1) is 0 Å². The van der Waals surface area contributed by atoms with Gasteiger partial charge >= 0.3 is 6.03 Å². The van der Waals surface area contributed by atoms with E-state index in [0.29, 0.717) is 17.4 Å². The second-order valence-electron chi connectivity index (χ2n) is 8.20. The van der Waals surface area contributed by atoms with Crippen LogP contribution < -0.4 is 5.32 Å². The lowest BCUT2D eigenvalue weighted by Gasteiger charge is -2.25. The topological polar surface area (TPSA) is 70.5 Å². The summed E-state index contributed by atoms with van der Waals surface area (Å²) in [5.41, 5.74) is 1.44. The van der Waals surface area contributed by atoms with Gasteiger partial charge in [0.15, 0.2) is 0 Å². The Labute approximate surface area is 177 Å². The van der Waals surface area contributed by atoms with Crippen LogP contribution in [0.5, 0.6) is 0 Å². The number of benzene rings is 1. The number of rotatable bonds is 6. The molecule has 0 saturated heterocycles. The lowest BCUT2D eigenvalue weighted by molar-refractivity contribution is -0.116. The standard InChI is InChI=1S/C21H30ClN5O2/c1-7-12-26(20(29)25(5)6)14-19(28)23-18-13-17(21(2,3)4)24-27(18)16-10-8-15(22)9-11-16/h8-11,13H,7,12,14H2,1-6H3,(H,23,28). The lowest BCUT2D eigenvalue weighted by Crippen LogP contribution is -2.43. The monoisotopic (exact) mass is 419 g/mol. The van der Waals surface area contributed by atoms with E-state index in [0.717, 1.165) is 17.8 Å². The summed E-state index contributed by atoms with van der Waals surface area (Å²) in [6.07, 6.45) is 0.768. The van der Waals surface area contributed by atoms with Crippen molar-refractivity contribution in [1.29, 1.82) is 0 Å². The molecule has 0 aliphatic heterocycles. The van der Waals surface area contributed by atoms with Crippen molar-refractivity contribution in [2.75, 3.05) is 32.5 Å². The van der Waals surface area contributed by atoms with Gasteiger partial charge in [0.05, 0.1) is 11.4 Å². The number of urea groups is 1. The predicted molar refractivity (Wildman–Crippen MR) is 117 cm³/mol. The fourth-order valence-corrected chi connectivity index (χ4v) is 2.89. The van der Waals surface area contributed by atoms with Gasteiger partial charge in [-0.05, 0) is 30.7 Å². The Balaban J connectivity index is 2.30. The third-order valence-electron chi connectivity index (χ3n) is 4.30. The highest BCUT2D eigenvalue weighted by Crippen LogP contribution is 2.26. The van der Waals surface area contributed by atoms with Crippen molar-refractivity contribution in [2.24, 2.45) is 0 Å². The molecule has 158 valence electrons. The van der Waals surface area contributed by atoms with Gasteiger partial charge in [0.25, 0.3) is 0 Å². The highest BCUT2D eigenvalue weighted by molar-refractivity contribution is 6.30. The van der Waals surface area contributed by atoms with Crippen molar-refractivity contribution in [3.05, 3.63) is 41.0 Å². The highest BCUT2D eigenvalue weighted by atomic mass is 35.5. The molecule has 0 spiro atoms. The molecule has 0 radical (unpaired) electrons. The summed E-state index contributed by atoms with van der Waals surface area (Å²) in [5, 5.41) is 8.22. The lowest BCUT2D eigenvalue weighted by atomic mass is 9.92. The molecule has 3 amide bonds. The number of carbonyl (C=O) groups excluding carboxylic acids is 2. The van der Waals surface area contributed by atoms with Gasteiger partial charge < -0.3 is 15.1 Å². The molecule has 2 rings (SSSR count). The van der Waals surface area contributed by atoms with Gasteiger partial charge in [0.1, 0.15) is 12.4 Å². The molecule has 0 unspecified atom stereocenters. The molecule has 0 aliphatic carbocycles. The van der Waals surface area contributed by atoms with Crippen LogP contribution in [0.2, 0.25) is 5.02 Å². The van der Waals surface area contributed by atoms with Gasteiger partial charge in [-0.3, -0.25) is 4.79 Å². The number of anilines is 1. The Morgan fingerprint density at radius 1 is 1.17 bits per heavy atom. The quantitative estimate of drug-likeness (QED) is 0.764. The molecule has 1 N–H and O–H groups in total. The highest BCUT2D eigenvalue weighted by Gasteiger charge is 2.23. The van der Waals surface area contributed by atoms with Crippen LogP contribution in [-0.4, -0.2) is 58.7 Å². The summed E-state index contributed by atoms with van der Waals surface area (Å²) in [7, 11) is 3.35. The number of carbonyl (C=O) groups is 2. The van der Waals surface area contributed by atoms with E-state index < -0.39 is 0 Å². The molecular weight excluding hydrogens is 390 g/mol. The van der Waals surface area contributed by atoms with Crippen LogP contribution in [0.1, 0.15) is 39.8 Å². The van der Waals surface area contributed by atoms with Crippen molar-refractivity contribution in [1.82, 2.24) is 19.6 Å². The molecule has 0 atom stereocenters. The molecule has 0 aliphatic rings. The first-order chi connectivity index (χ1) is 13.5. The van der Waals surface area contributed by atoms with Crippen molar-refractivity contribution >= 4 is 29.4 Å². The number of nitrogens with one attached hydrogen (secondary N) is 1. The van der Waals surface area contributed by atoms with Gasteiger partial charge in [-0.25, -0.2) is 9.48 Å². The third kappa shape index (κ3) is 5.97. The van der Waals surface area contributed by atoms with Crippen LogP contribution in [0.4, 0.5) is 10.6 Å². The smallest absolute Gasteiger partial charge is 0.319 e. The maximum atomic E-state index is 12.7. The number of hydrogen-bond donors (Lipinski definition) is 1. The van der Waals surface area contributed by atoms with Crippen molar-refractivity contribution in [3.63, 3.8) is 0 Å². The van der Waals surface area contributed by atoms with Gasteiger partial charge in [0, 0.05) is 37.1 Å². The van der Waals surface area contributed by atoms with Crippen LogP contribution in [0, 0.1) is 0 Å². The summed E-state index contributed by atoms with van der Waals surface area (Å²) in [6, 6.07) is 8.92. The molecule has 0 saturated carbocycles. The van der Waals surface area contributed by atoms with Crippen LogP contribution >= 0.6 is 11.6 Å². The fraction of sp³-hybridized carbons (Fsp3) is 0.476. The Morgan fingerprint density at radius 2 is 1.79 bits per heavy atom. The van der Waals surface area contributed by atoms with E-state index in [1.807, 2.05) is 25.1 Å². The zero-order valence-corrected chi connectivity index (χ0v) is 18.7. The summed E-state index contributed by atoms with van der Waals surface area (Å²) in [5.74, 6) is 0.278. The first-order valence-corrected chi connectivity index (χ1v) is 10.0. The van der Waals surface area contributed by atoms with E-state index in [9.17, 15) is 9.59 Å². The van der Waals surface area contributed by atoms with E-state index >= 15 is 0 Å². The second kappa shape index (κ2) is 9.31. The van der Waals surface area contributed by atoms with Gasteiger partial charge in [-0.1, -0.05) is 39.3 Å². The van der Waals surface area contributed by atoms with E-state index in [4.69, 9.17) is 11.6 Å². The number of aromatic nitrogens is 2. The van der Waals surface area contributed by atoms with Crippen LogP contribution in [0.15, 0.2) is 30.3 Å². The van der Waals surface area contributed by atoms with E-state index in [1.54, 1.807) is 30.9 Å². The molecule has 1 aromatic heterocycles. The molecule has 0 bridgehead atoms. The van der Waals surface area contributed by atoms with Crippen LogP contribution in [-0.2, 0) is 10.2 Å². The largest absolute Gasteiger partial charge is 0.331 e. The fourth-order valence-electron chi connectivity index (χ4n) is 2.77. The Hall–Kier alpha value is -2.54. The van der Waals surface area contributed by atoms with E-state index in [-0.39, 0.29) is 23.9 Å². The maximum Gasteiger partial charge on any atom is 0.319 e. The molecule has 29 heavy (non-hydrogen) atoms. The second-order valence-corrected chi connectivity index (χ2v) is 8.64. The average Bonchev–Trinajstić information content (AvgIpc) is 3.05. The SMILES string of the molecule is CCCN(CC(=O)Nc1cc(C(C)(C)C)nn1-c1ccc(Cl)cc1)C(=O)N(C)C. The van der Waals surface area contributed by atoms with Crippen LogP contribution in [0.25, 0.3) is 5.69 Å². The Kier molecular flexibility index (Phi) is 7.30. The molecule has 1 aromatic carbocycles. The summed E-state index contributed by atoms with van der Waals surface area (Å²) >= 11 is 6.00. The molecule has 7 nitrogen and oxygen atoms in total. The molecule has 2 aromatic rings. The minimum atomic E-state index is -0.274. The van der Waals surface area contributed by atoms with Gasteiger partial charge in [0.2, 0.25) is 5.91 Å². The van der Waals surface area contributed by atoms with Crippen LogP contribution in [0.3, 0.4) is 0 Å². The summed E-state index contributed by atoms with van der Waals surface area (Å²) in [6.45, 7) is 8.64. The average molecular weight is 420 g/mol. The number of halogens is 1. The summed E-state index contributed by atoms with van der Waals surface area (Å²) in [4.78, 5) is 28.1. The Bertz CT molecular complexity index is 853. The predicted octanol–water partition coefficient (Wildman–Crippen LogP) is 4.16. The molecule has 1 heterocycles. The van der Waals surface area contributed by atoms with E-state index in [1.165, 1.54) is 9.80 Å². The zero-order valence-electron chi connectivity index (χ0n) is 18.0. The minimum absolute atomic E-state index is 0.0263. The van der Waals surface area contributed by atoms with Crippen molar-refractivity contribution in [3.8, 4) is 5.69 Å². The first-order valence-electron chi connectivity index (χ1n) is 9.65. The number of hydrogen-bond acceptors (Lipinski definition) is 3. The van der Waals surface area contributed by atoms with Crippen molar-refractivity contribution < 1.29 is 9.59 Å². The zero-order chi connectivity index (χ0) is 21.8. The molecule has 0 fully saturated rings.